The Morgan fingerprint density at radius 2 is 1.90 bits per heavy atom. The number of nitrogens with zero attached hydrogens (tertiary/aromatic N) is 1. The maximum Gasteiger partial charge on any atom is 0.433 e. The van der Waals surface area contributed by atoms with Crippen LogP contribution in [0.25, 0.3) is 0 Å². The third-order valence-electron chi connectivity index (χ3n) is 2.72. The second-order valence-electron chi connectivity index (χ2n) is 4.65. The molecule has 1 N–H and O–H groups in total. The molecule has 21 heavy (non-hydrogen) atoms. The van der Waals surface area contributed by atoms with E-state index in [1.165, 1.54) is 7.11 Å². The molecule has 0 saturated heterocycles. The van der Waals surface area contributed by atoms with E-state index in [9.17, 15) is 22.8 Å². The van der Waals surface area contributed by atoms with Gasteiger partial charge in [0.15, 0.2) is 0 Å². The molecule has 1 aromatic heterocycles. The number of aromatic nitrogens is 1. The topological polar surface area (TPSA) is 68.3 Å². The molecule has 0 aliphatic rings. The first-order chi connectivity index (χ1) is 9.66. The molecular weight excluding hydrogens is 289 g/mol. The van der Waals surface area contributed by atoms with Gasteiger partial charge in [0.05, 0.1) is 12.7 Å². The number of alkyl halides is 3. The van der Waals surface area contributed by atoms with Gasteiger partial charge >= 0.3 is 12.1 Å². The van der Waals surface area contributed by atoms with E-state index in [1.54, 1.807) is 13.8 Å². The molecule has 5 nitrogen and oxygen atoms in total. The average Bonchev–Trinajstić information content (AvgIpc) is 2.42. The van der Waals surface area contributed by atoms with Gasteiger partial charge in [-0.2, -0.15) is 13.2 Å². The first-order valence-electron chi connectivity index (χ1n) is 6.08. The molecular formula is C13H15F3N2O3. The van der Waals surface area contributed by atoms with Crippen molar-refractivity contribution >= 4 is 11.9 Å². The standard InChI is InChI=1S/C13H15F3N2O3/c1-7(2)10(12(20)21-3)18-11(19)8-4-5-9(17-6-8)13(14,15)16/h4-7,10H,1-3H3,(H,18,19). The van der Waals surface area contributed by atoms with Crippen LogP contribution in [0.15, 0.2) is 18.3 Å². The van der Waals surface area contributed by atoms with Gasteiger partial charge in [-0.3, -0.25) is 9.78 Å². The summed E-state index contributed by atoms with van der Waals surface area (Å²) in [4.78, 5) is 26.6. The van der Waals surface area contributed by atoms with Crippen molar-refractivity contribution in [3.8, 4) is 0 Å². The maximum atomic E-state index is 12.4. The Kier molecular flexibility index (Phi) is 5.28. The molecule has 0 saturated carbocycles. The minimum atomic E-state index is -4.57. The molecule has 0 spiro atoms. The molecule has 0 aliphatic heterocycles. The first-order valence-corrected chi connectivity index (χ1v) is 6.08. The van der Waals surface area contributed by atoms with Crippen LogP contribution >= 0.6 is 0 Å². The zero-order valence-electron chi connectivity index (χ0n) is 11.7. The lowest BCUT2D eigenvalue weighted by atomic mass is 10.0. The number of pyridine rings is 1. The van der Waals surface area contributed by atoms with E-state index in [0.717, 1.165) is 12.3 Å². The van der Waals surface area contributed by atoms with E-state index >= 15 is 0 Å². The van der Waals surface area contributed by atoms with Gasteiger partial charge in [0.1, 0.15) is 11.7 Å². The lowest BCUT2D eigenvalue weighted by Gasteiger charge is -2.19. The fraction of sp³-hybridized carbons (Fsp3) is 0.462. The SMILES string of the molecule is COC(=O)C(NC(=O)c1ccc(C(F)(F)F)nc1)C(C)C. The smallest absolute Gasteiger partial charge is 0.433 e. The summed E-state index contributed by atoms with van der Waals surface area (Å²) in [6.45, 7) is 3.40. The van der Waals surface area contributed by atoms with E-state index in [-0.39, 0.29) is 11.5 Å². The number of hydrogen-bond acceptors (Lipinski definition) is 4. The van der Waals surface area contributed by atoms with Crippen LogP contribution in [0.3, 0.4) is 0 Å². The Labute approximate surface area is 119 Å². The number of hydrogen-bond donors (Lipinski definition) is 1. The fourth-order valence-corrected chi connectivity index (χ4v) is 1.55. The van der Waals surface area contributed by atoms with Gasteiger partial charge in [-0.25, -0.2) is 4.79 Å². The van der Waals surface area contributed by atoms with Crippen molar-refractivity contribution in [2.75, 3.05) is 7.11 Å². The molecule has 1 atom stereocenters. The Morgan fingerprint density at radius 1 is 1.29 bits per heavy atom. The van der Waals surface area contributed by atoms with Crippen molar-refractivity contribution in [1.82, 2.24) is 10.3 Å². The van der Waals surface area contributed by atoms with Gasteiger partial charge in [-0.05, 0) is 18.1 Å². The summed E-state index contributed by atoms with van der Waals surface area (Å²) >= 11 is 0. The Balaban J connectivity index is 2.86. The number of esters is 1. The van der Waals surface area contributed by atoms with E-state index in [0.29, 0.717) is 6.07 Å². The highest BCUT2D eigenvalue weighted by molar-refractivity contribution is 5.96. The lowest BCUT2D eigenvalue weighted by Crippen LogP contribution is -2.45. The second-order valence-corrected chi connectivity index (χ2v) is 4.65. The summed E-state index contributed by atoms with van der Waals surface area (Å²) < 4.78 is 41.6. The molecule has 0 aromatic carbocycles. The van der Waals surface area contributed by atoms with Gasteiger partial charge < -0.3 is 10.1 Å². The highest BCUT2D eigenvalue weighted by Crippen LogP contribution is 2.27. The van der Waals surface area contributed by atoms with Crippen molar-refractivity contribution in [2.45, 2.75) is 26.1 Å². The molecule has 1 rings (SSSR count). The number of carbonyl (C=O) groups excluding carboxylic acids is 2. The van der Waals surface area contributed by atoms with E-state index < -0.39 is 29.8 Å². The molecule has 1 amide bonds. The zero-order valence-corrected chi connectivity index (χ0v) is 11.7. The van der Waals surface area contributed by atoms with Crippen molar-refractivity contribution < 1.29 is 27.5 Å². The molecule has 1 aromatic rings. The molecule has 0 fully saturated rings. The largest absolute Gasteiger partial charge is 0.467 e. The molecule has 0 bridgehead atoms. The summed E-state index contributed by atoms with van der Waals surface area (Å²) in [6, 6.07) is 0.821. The lowest BCUT2D eigenvalue weighted by molar-refractivity contribution is -0.144. The number of halogens is 3. The molecule has 1 unspecified atom stereocenters. The van der Waals surface area contributed by atoms with Crippen LogP contribution < -0.4 is 5.32 Å². The monoisotopic (exact) mass is 304 g/mol. The number of amides is 1. The van der Waals surface area contributed by atoms with Crippen molar-refractivity contribution in [3.63, 3.8) is 0 Å². The van der Waals surface area contributed by atoms with Gasteiger partial charge in [-0.15, -0.1) is 0 Å². The van der Waals surface area contributed by atoms with Crippen LogP contribution in [-0.2, 0) is 15.7 Å². The first kappa shape index (κ1) is 16.9. The number of methoxy groups -OCH3 is 1. The minimum absolute atomic E-state index is 0.0717. The third-order valence-corrected chi connectivity index (χ3v) is 2.72. The van der Waals surface area contributed by atoms with E-state index in [1.807, 2.05) is 0 Å². The van der Waals surface area contributed by atoms with Crippen molar-refractivity contribution in [1.29, 1.82) is 0 Å². The van der Waals surface area contributed by atoms with Crippen LogP contribution in [0.1, 0.15) is 29.9 Å². The fourth-order valence-electron chi connectivity index (χ4n) is 1.55. The van der Waals surface area contributed by atoms with Crippen LogP contribution in [0, 0.1) is 5.92 Å². The highest BCUT2D eigenvalue weighted by atomic mass is 19.4. The van der Waals surface area contributed by atoms with Crippen molar-refractivity contribution in [2.24, 2.45) is 5.92 Å². The van der Waals surface area contributed by atoms with Crippen LogP contribution in [-0.4, -0.2) is 30.0 Å². The molecule has 116 valence electrons. The minimum Gasteiger partial charge on any atom is -0.467 e. The summed E-state index contributed by atoms with van der Waals surface area (Å²) in [5.41, 5.74) is -1.16. The molecule has 0 radical (unpaired) electrons. The van der Waals surface area contributed by atoms with E-state index in [4.69, 9.17) is 0 Å². The van der Waals surface area contributed by atoms with Gasteiger partial charge in [0.2, 0.25) is 0 Å². The number of nitrogens with one attached hydrogen (secondary N) is 1. The normalized spacial score (nSPS) is 12.9. The van der Waals surface area contributed by atoms with Crippen LogP contribution in [0.4, 0.5) is 13.2 Å². The predicted molar refractivity (Wildman–Crippen MR) is 67.3 cm³/mol. The number of rotatable bonds is 4. The van der Waals surface area contributed by atoms with Crippen molar-refractivity contribution in [3.05, 3.63) is 29.6 Å². The predicted octanol–water partition coefficient (Wildman–Crippen LogP) is 2.03. The van der Waals surface area contributed by atoms with Gasteiger partial charge in [-0.1, -0.05) is 13.8 Å². The molecule has 8 heteroatoms. The summed E-state index contributed by atoms with van der Waals surface area (Å²) in [5, 5.41) is 2.41. The van der Waals surface area contributed by atoms with Crippen LogP contribution in [0.5, 0.6) is 0 Å². The summed E-state index contributed by atoms with van der Waals surface area (Å²) in [7, 11) is 1.18. The molecule has 1 heterocycles. The van der Waals surface area contributed by atoms with Gasteiger partial charge in [0.25, 0.3) is 5.91 Å². The van der Waals surface area contributed by atoms with Crippen LogP contribution in [0.2, 0.25) is 0 Å². The second kappa shape index (κ2) is 6.55. The number of carbonyl (C=O) groups is 2. The Bertz CT molecular complexity index is 512. The quantitative estimate of drug-likeness (QED) is 0.864. The summed E-state index contributed by atoms with van der Waals surface area (Å²) in [6.07, 6.45) is -3.76. The van der Waals surface area contributed by atoms with E-state index in [2.05, 4.69) is 15.0 Å². The third kappa shape index (κ3) is 4.44. The highest BCUT2D eigenvalue weighted by Gasteiger charge is 2.32. The Morgan fingerprint density at radius 3 is 2.29 bits per heavy atom. The average molecular weight is 304 g/mol. The number of ether oxygens (including phenoxy) is 1. The van der Waals surface area contributed by atoms with Gasteiger partial charge in [0, 0.05) is 6.20 Å². The maximum absolute atomic E-state index is 12.4. The summed E-state index contributed by atoms with van der Waals surface area (Å²) in [5.74, 6) is -1.55. The molecule has 0 aliphatic carbocycles. The zero-order chi connectivity index (χ0) is 16.2. The Hall–Kier alpha value is -2.12.